The Balaban J connectivity index is 3.56. The summed E-state index contributed by atoms with van der Waals surface area (Å²) < 4.78 is 27.4. The molecule has 1 aromatic carbocycles. The molecule has 2 heteroatoms. The smallest absolute Gasteiger partial charge is 0.160 e. The van der Waals surface area contributed by atoms with Crippen LogP contribution in [0.1, 0.15) is 16.6 Å². The van der Waals surface area contributed by atoms with Crippen molar-refractivity contribution in [1.82, 2.24) is 0 Å². The Hall–Kier alpha value is -1.18. The zero-order valence-corrected chi connectivity index (χ0v) is 6.56. The third-order valence-electron chi connectivity index (χ3n) is 1.37. The summed E-state index contributed by atoms with van der Waals surface area (Å²) in [5, 5.41) is 9.43. The molecule has 11 heavy (non-hydrogen) atoms. The SMILES string of the molecule is [2H]c1c([2H])c(CC)c([2H])c(OC)c1O. The van der Waals surface area contributed by atoms with Crippen LogP contribution in [0.4, 0.5) is 0 Å². The summed E-state index contributed by atoms with van der Waals surface area (Å²) >= 11 is 0. The van der Waals surface area contributed by atoms with E-state index in [9.17, 15) is 5.11 Å². The fraction of sp³-hybridized carbons (Fsp3) is 0.333. The lowest BCUT2D eigenvalue weighted by Crippen LogP contribution is -1.86. The van der Waals surface area contributed by atoms with E-state index in [1.807, 2.05) is 0 Å². The number of phenols is 1. The largest absolute Gasteiger partial charge is 0.504 e. The van der Waals surface area contributed by atoms with Crippen molar-refractivity contribution in [2.24, 2.45) is 0 Å². The summed E-state index contributed by atoms with van der Waals surface area (Å²) in [6, 6.07) is -0.390. The van der Waals surface area contributed by atoms with Gasteiger partial charge in [0.1, 0.15) is 0 Å². The monoisotopic (exact) mass is 155 g/mol. The molecule has 0 aliphatic heterocycles. The number of hydrogen-bond acceptors (Lipinski definition) is 2. The predicted molar refractivity (Wildman–Crippen MR) is 44.0 cm³/mol. The summed E-state index contributed by atoms with van der Waals surface area (Å²) in [6.45, 7) is 1.79. The molecule has 0 spiro atoms. The van der Waals surface area contributed by atoms with Crippen LogP contribution < -0.4 is 4.74 Å². The Morgan fingerprint density at radius 2 is 2.36 bits per heavy atom. The molecule has 0 fully saturated rings. The maximum atomic E-state index is 9.43. The summed E-state index contributed by atoms with van der Waals surface area (Å²) in [5.74, 6) is -0.456. The maximum absolute atomic E-state index is 9.43. The molecule has 0 heterocycles. The molecule has 60 valence electrons. The highest BCUT2D eigenvalue weighted by molar-refractivity contribution is 5.41. The average molecular weight is 155 g/mol. The first-order chi connectivity index (χ1) is 6.54. The molecule has 0 saturated carbocycles. The van der Waals surface area contributed by atoms with Gasteiger partial charge in [0, 0.05) is 0 Å². The van der Waals surface area contributed by atoms with Crippen LogP contribution in [-0.2, 0) is 6.42 Å². The molecule has 0 aromatic heterocycles. The van der Waals surface area contributed by atoms with Crippen LogP contribution in [0.25, 0.3) is 0 Å². The molecule has 0 atom stereocenters. The van der Waals surface area contributed by atoms with Gasteiger partial charge in [-0.2, -0.15) is 0 Å². The van der Waals surface area contributed by atoms with E-state index in [1.54, 1.807) is 6.92 Å². The van der Waals surface area contributed by atoms with Gasteiger partial charge in [0.05, 0.1) is 11.2 Å². The van der Waals surface area contributed by atoms with E-state index in [4.69, 9.17) is 8.85 Å². The minimum Gasteiger partial charge on any atom is -0.504 e. The van der Waals surface area contributed by atoms with Crippen molar-refractivity contribution in [3.05, 3.63) is 23.7 Å². The van der Waals surface area contributed by atoms with Gasteiger partial charge >= 0.3 is 0 Å². The van der Waals surface area contributed by atoms with Crippen LogP contribution in [0.15, 0.2) is 18.1 Å². The first-order valence-electron chi connectivity index (χ1n) is 4.90. The van der Waals surface area contributed by atoms with E-state index < -0.39 is 5.75 Å². The average Bonchev–Trinajstić information content (AvgIpc) is 2.16. The zero-order valence-electron chi connectivity index (χ0n) is 9.56. The maximum Gasteiger partial charge on any atom is 0.160 e. The number of benzene rings is 1. The second-order valence-corrected chi connectivity index (χ2v) is 2.09. The Labute approximate surface area is 70.6 Å². The van der Waals surface area contributed by atoms with Crippen molar-refractivity contribution in [2.45, 2.75) is 13.3 Å². The Kier molecular flexibility index (Phi) is 1.39. The third-order valence-corrected chi connectivity index (χ3v) is 1.37. The van der Waals surface area contributed by atoms with Crippen molar-refractivity contribution in [1.29, 1.82) is 0 Å². The van der Waals surface area contributed by atoms with Gasteiger partial charge in [-0.25, -0.2) is 0 Å². The van der Waals surface area contributed by atoms with Crippen molar-refractivity contribution in [3.8, 4) is 11.5 Å². The van der Waals surface area contributed by atoms with Gasteiger partial charge in [-0.15, -0.1) is 0 Å². The highest BCUT2D eigenvalue weighted by atomic mass is 16.5. The molecular weight excluding hydrogens is 140 g/mol. The number of aromatic hydroxyl groups is 1. The zero-order chi connectivity index (χ0) is 10.9. The highest BCUT2D eigenvalue weighted by Crippen LogP contribution is 2.26. The number of rotatable bonds is 2. The lowest BCUT2D eigenvalue weighted by Gasteiger charge is -2.03. The lowest BCUT2D eigenvalue weighted by molar-refractivity contribution is 0.373. The Morgan fingerprint density at radius 1 is 1.64 bits per heavy atom. The lowest BCUT2D eigenvalue weighted by atomic mass is 10.1. The van der Waals surface area contributed by atoms with Crippen LogP contribution in [-0.4, -0.2) is 12.2 Å². The Bertz CT molecular complexity index is 333. The quantitative estimate of drug-likeness (QED) is 0.707. The first-order valence-corrected chi connectivity index (χ1v) is 3.40. The van der Waals surface area contributed by atoms with Crippen molar-refractivity contribution in [2.75, 3.05) is 7.11 Å². The van der Waals surface area contributed by atoms with Gasteiger partial charge in [-0.1, -0.05) is 13.0 Å². The summed E-state index contributed by atoms with van der Waals surface area (Å²) in [5.41, 5.74) is 0.421. The fourth-order valence-electron chi connectivity index (χ4n) is 0.743. The van der Waals surface area contributed by atoms with Gasteiger partial charge in [0.2, 0.25) is 0 Å². The summed E-state index contributed by atoms with van der Waals surface area (Å²) in [4.78, 5) is 0. The summed E-state index contributed by atoms with van der Waals surface area (Å²) in [6.07, 6.45) is 0.472. The molecule has 0 unspecified atom stereocenters. The second-order valence-electron chi connectivity index (χ2n) is 2.09. The van der Waals surface area contributed by atoms with E-state index >= 15 is 0 Å². The van der Waals surface area contributed by atoms with Crippen LogP contribution in [0.5, 0.6) is 11.5 Å². The highest BCUT2D eigenvalue weighted by Gasteiger charge is 1.99. The first kappa shape index (κ1) is 4.65. The minimum atomic E-state index is -0.431. The van der Waals surface area contributed by atoms with Crippen LogP contribution >= 0.6 is 0 Å². The van der Waals surface area contributed by atoms with E-state index in [-0.39, 0.29) is 23.9 Å². The van der Waals surface area contributed by atoms with Crippen molar-refractivity contribution < 1.29 is 14.0 Å². The summed E-state index contributed by atoms with van der Waals surface area (Å²) in [7, 11) is 1.33. The Morgan fingerprint density at radius 3 is 2.91 bits per heavy atom. The standard InChI is InChI=1S/C9H12O2/c1-3-7-4-5-8(10)9(6-7)11-2/h4-6,10H,3H2,1-2H3/i4D,5D,6D. The van der Waals surface area contributed by atoms with Crippen LogP contribution in [0.2, 0.25) is 0 Å². The molecule has 1 rings (SSSR count). The molecule has 0 bridgehead atoms. The molecule has 1 aromatic rings. The molecule has 0 aliphatic rings. The minimum absolute atomic E-state index is 0.00602. The van der Waals surface area contributed by atoms with Gasteiger partial charge < -0.3 is 9.84 Å². The molecule has 0 radical (unpaired) electrons. The molecule has 0 saturated heterocycles. The second kappa shape index (κ2) is 3.28. The molecule has 1 N–H and O–H groups in total. The predicted octanol–water partition coefficient (Wildman–Crippen LogP) is 1.96. The normalized spacial score (nSPS) is 13.5. The van der Waals surface area contributed by atoms with Crippen LogP contribution in [0, 0.1) is 0 Å². The number of ether oxygens (including phenoxy) is 1. The number of methoxy groups -OCH3 is 1. The van der Waals surface area contributed by atoms with Gasteiger partial charge in [0.25, 0.3) is 0 Å². The fourth-order valence-corrected chi connectivity index (χ4v) is 0.743. The van der Waals surface area contributed by atoms with Crippen molar-refractivity contribution >= 4 is 0 Å². The van der Waals surface area contributed by atoms with Gasteiger partial charge in [-0.3, -0.25) is 0 Å². The number of hydrogen-bond donors (Lipinski definition) is 1. The van der Waals surface area contributed by atoms with E-state index in [0.29, 0.717) is 12.0 Å². The molecular formula is C9H12O2. The van der Waals surface area contributed by atoms with E-state index in [0.717, 1.165) is 0 Å². The van der Waals surface area contributed by atoms with E-state index in [2.05, 4.69) is 0 Å². The molecule has 2 nitrogen and oxygen atoms in total. The third kappa shape index (κ3) is 1.64. The number of phenolic OH excluding ortho intramolecular Hbond substituents is 1. The molecule has 0 amide bonds. The van der Waals surface area contributed by atoms with Crippen molar-refractivity contribution in [3.63, 3.8) is 0 Å². The van der Waals surface area contributed by atoms with Gasteiger partial charge in [-0.05, 0) is 24.1 Å². The van der Waals surface area contributed by atoms with Crippen LogP contribution in [0.3, 0.4) is 0 Å². The van der Waals surface area contributed by atoms with Gasteiger partial charge in [0.15, 0.2) is 11.5 Å². The molecule has 0 aliphatic carbocycles. The topological polar surface area (TPSA) is 29.5 Å². The van der Waals surface area contributed by atoms with E-state index in [1.165, 1.54) is 7.11 Å².